The maximum Gasteiger partial charge on any atom is 0.261 e. The number of benzene rings is 3. The van der Waals surface area contributed by atoms with Crippen molar-refractivity contribution in [1.29, 1.82) is 0 Å². The van der Waals surface area contributed by atoms with Gasteiger partial charge in [-0.05, 0) is 72.7 Å². The highest BCUT2D eigenvalue weighted by Crippen LogP contribution is 2.23. The first-order valence-corrected chi connectivity index (χ1v) is 10.7. The highest BCUT2D eigenvalue weighted by Gasteiger charge is 2.15. The normalized spacial score (nSPS) is 10.7. The van der Waals surface area contributed by atoms with Crippen molar-refractivity contribution >= 4 is 51.6 Å². The van der Waals surface area contributed by atoms with Gasteiger partial charge in [-0.15, -0.1) is 10.2 Å². The molecule has 4 rings (SSSR count). The molecule has 0 saturated carbocycles. The monoisotopic (exact) mass is 465 g/mol. The summed E-state index contributed by atoms with van der Waals surface area (Å²) < 4.78 is 5.22. The van der Waals surface area contributed by atoms with Crippen molar-refractivity contribution in [2.24, 2.45) is 0 Å². The topological polar surface area (TPSA) is 81.1 Å². The summed E-state index contributed by atoms with van der Waals surface area (Å²) in [6.07, 6.45) is 0.977. The molecule has 0 radical (unpaired) electrons. The second kappa shape index (κ2) is 9.33. The minimum absolute atomic E-state index is 0.138. The predicted octanol–water partition coefficient (Wildman–Crippen LogP) is 4.77. The van der Waals surface area contributed by atoms with Gasteiger partial charge < -0.3 is 10.1 Å². The quantitative estimate of drug-likeness (QED) is 0.413. The molecule has 0 aliphatic carbocycles. The molecule has 9 heteroatoms. The van der Waals surface area contributed by atoms with Crippen LogP contribution in [0.3, 0.4) is 0 Å². The van der Waals surface area contributed by atoms with E-state index in [2.05, 4.69) is 39.9 Å². The van der Waals surface area contributed by atoms with E-state index in [1.54, 1.807) is 16.9 Å². The molecule has 1 amide bonds. The van der Waals surface area contributed by atoms with E-state index in [-0.39, 0.29) is 10.7 Å². The van der Waals surface area contributed by atoms with Gasteiger partial charge in [-0.2, -0.15) is 4.80 Å². The third-order valence-electron chi connectivity index (χ3n) is 4.85. The van der Waals surface area contributed by atoms with Gasteiger partial charge in [-0.1, -0.05) is 30.7 Å². The average molecular weight is 466 g/mol. The van der Waals surface area contributed by atoms with E-state index in [0.29, 0.717) is 22.0 Å². The first-order valence-electron chi connectivity index (χ1n) is 9.89. The summed E-state index contributed by atoms with van der Waals surface area (Å²) in [6, 6.07) is 18.4. The molecule has 0 bridgehead atoms. The third kappa shape index (κ3) is 4.71. The van der Waals surface area contributed by atoms with E-state index < -0.39 is 5.91 Å². The van der Waals surface area contributed by atoms with Crippen molar-refractivity contribution in [3.63, 3.8) is 0 Å². The Morgan fingerprint density at radius 3 is 2.53 bits per heavy atom. The summed E-state index contributed by atoms with van der Waals surface area (Å²) in [5.74, 6) is -0.0240. The van der Waals surface area contributed by atoms with E-state index in [4.69, 9.17) is 28.6 Å². The molecule has 0 unspecified atom stereocenters. The third-order valence-corrected chi connectivity index (χ3v) is 5.29. The molecule has 3 aromatic carbocycles. The van der Waals surface area contributed by atoms with Crippen LogP contribution < -0.4 is 15.4 Å². The molecule has 0 saturated heterocycles. The number of rotatable bonds is 5. The van der Waals surface area contributed by atoms with Crippen LogP contribution in [0.4, 0.5) is 5.69 Å². The fourth-order valence-corrected chi connectivity index (χ4v) is 3.55. The lowest BCUT2D eigenvalue weighted by atomic mass is 10.2. The second-order valence-electron chi connectivity index (χ2n) is 6.97. The summed E-state index contributed by atoms with van der Waals surface area (Å²) in [5, 5.41) is 15.3. The number of nitrogens with zero attached hydrogens (tertiary/aromatic N) is 3. The van der Waals surface area contributed by atoms with Crippen LogP contribution in [0.1, 0.15) is 22.8 Å². The van der Waals surface area contributed by atoms with Gasteiger partial charge in [0, 0.05) is 10.7 Å². The number of aryl methyl sites for hydroxylation is 1. The van der Waals surface area contributed by atoms with E-state index >= 15 is 0 Å². The number of fused-ring (bicyclic) bond motifs is 1. The lowest BCUT2D eigenvalue weighted by molar-refractivity contribution is 0.0975. The van der Waals surface area contributed by atoms with Gasteiger partial charge in [0.15, 0.2) is 5.11 Å². The summed E-state index contributed by atoms with van der Waals surface area (Å²) in [7, 11) is 1.48. The number of anilines is 1. The largest absolute Gasteiger partial charge is 0.496 e. The van der Waals surface area contributed by atoms with Crippen molar-refractivity contribution in [1.82, 2.24) is 20.3 Å². The molecule has 1 heterocycles. The molecule has 162 valence electrons. The highest BCUT2D eigenvalue weighted by molar-refractivity contribution is 7.80. The Morgan fingerprint density at radius 2 is 1.81 bits per heavy atom. The second-order valence-corrected chi connectivity index (χ2v) is 7.81. The molecule has 1 aromatic heterocycles. The Bertz CT molecular complexity index is 1300. The molecule has 2 N–H and O–H groups in total. The molecule has 0 aliphatic rings. The van der Waals surface area contributed by atoms with Crippen molar-refractivity contribution in [2.75, 3.05) is 12.4 Å². The molecule has 7 nitrogen and oxygen atoms in total. The van der Waals surface area contributed by atoms with Crippen LogP contribution in [-0.2, 0) is 6.42 Å². The predicted molar refractivity (Wildman–Crippen MR) is 130 cm³/mol. The molecule has 32 heavy (non-hydrogen) atoms. The Morgan fingerprint density at radius 1 is 1.06 bits per heavy atom. The van der Waals surface area contributed by atoms with Gasteiger partial charge >= 0.3 is 0 Å². The summed E-state index contributed by atoms with van der Waals surface area (Å²) in [4.78, 5) is 14.2. The number of halogens is 1. The highest BCUT2D eigenvalue weighted by atomic mass is 35.5. The lowest BCUT2D eigenvalue weighted by Gasteiger charge is -2.12. The summed E-state index contributed by atoms with van der Waals surface area (Å²) >= 11 is 11.3. The average Bonchev–Trinajstić information content (AvgIpc) is 3.22. The van der Waals surface area contributed by atoms with Crippen molar-refractivity contribution in [3.8, 4) is 11.4 Å². The Labute approximate surface area is 195 Å². The van der Waals surface area contributed by atoms with E-state index in [0.717, 1.165) is 17.6 Å². The van der Waals surface area contributed by atoms with Crippen LogP contribution in [0.2, 0.25) is 5.02 Å². The Kier molecular flexibility index (Phi) is 6.34. The smallest absolute Gasteiger partial charge is 0.261 e. The van der Waals surface area contributed by atoms with E-state index in [9.17, 15) is 4.79 Å². The number of aromatic nitrogens is 3. The first-order chi connectivity index (χ1) is 15.5. The van der Waals surface area contributed by atoms with Crippen LogP contribution in [-0.4, -0.2) is 33.1 Å². The number of hydrogen-bond donors (Lipinski definition) is 2. The number of methoxy groups -OCH3 is 1. The standard InChI is InChI=1S/C23H20ClN5O2S/c1-3-14-4-8-17(9-5-14)29-27-19-10-7-16(13-20(19)28-29)25-23(32)26-22(30)18-12-15(24)6-11-21(18)31-2/h4-13H,3H2,1-2H3,(H2,25,26,30,32). The first kappa shape index (κ1) is 21.7. The zero-order valence-electron chi connectivity index (χ0n) is 17.4. The molecular formula is C23H20ClN5O2S. The molecule has 0 spiro atoms. The SMILES string of the molecule is CCc1ccc(-n2nc3ccc(NC(=S)NC(=O)c4cc(Cl)ccc4OC)cc3n2)cc1. The zero-order chi connectivity index (χ0) is 22.7. The molecular weight excluding hydrogens is 446 g/mol. The molecule has 4 aromatic rings. The minimum atomic E-state index is -0.426. The fourth-order valence-electron chi connectivity index (χ4n) is 3.16. The van der Waals surface area contributed by atoms with Crippen LogP contribution in [0, 0.1) is 0 Å². The molecule has 0 atom stereocenters. The minimum Gasteiger partial charge on any atom is -0.496 e. The number of hydrogen-bond acceptors (Lipinski definition) is 5. The van der Waals surface area contributed by atoms with Crippen molar-refractivity contribution < 1.29 is 9.53 Å². The van der Waals surface area contributed by atoms with E-state index in [1.165, 1.54) is 18.7 Å². The zero-order valence-corrected chi connectivity index (χ0v) is 19.0. The lowest BCUT2D eigenvalue weighted by Crippen LogP contribution is -2.34. The number of nitrogens with one attached hydrogen (secondary N) is 2. The van der Waals surface area contributed by atoms with Crippen LogP contribution in [0.5, 0.6) is 5.75 Å². The van der Waals surface area contributed by atoms with Crippen molar-refractivity contribution in [2.45, 2.75) is 13.3 Å². The summed E-state index contributed by atoms with van der Waals surface area (Å²) in [6.45, 7) is 2.11. The maximum atomic E-state index is 12.6. The van der Waals surface area contributed by atoms with Crippen LogP contribution >= 0.6 is 23.8 Å². The molecule has 0 fully saturated rings. The van der Waals surface area contributed by atoms with Gasteiger partial charge in [0.25, 0.3) is 5.91 Å². The number of thiocarbonyl (C=S) groups is 1. The Balaban J connectivity index is 1.48. The van der Waals surface area contributed by atoms with Gasteiger partial charge in [0.05, 0.1) is 18.4 Å². The van der Waals surface area contributed by atoms with Gasteiger partial charge in [0.2, 0.25) is 0 Å². The van der Waals surface area contributed by atoms with Gasteiger partial charge in [-0.3, -0.25) is 10.1 Å². The van der Waals surface area contributed by atoms with Gasteiger partial charge in [0.1, 0.15) is 16.8 Å². The number of carbonyl (C=O) groups excluding carboxylic acids is 1. The number of ether oxygens (including phenoxy) is 1. The van der Waals surface area contributed by atoms with Gasteiger partial charge in [-0.25, -0.2) is 0 Å². The summed E-state index contributed by atoms with van der Waals surface area (Å²) in [5.41, 5.74) is 4.54. The van der Waals surface area contributed by atoms with Crippen LogP contribution in [0.15, 0.2) is 60.7 Å². The van der Waals surface area contributed by atoms with E-state index in [1.807, 2.05) is 30.3 Å². The maximum absolute atomic E-state index is 12.6. The fraction of sp³-hybridized carbons (Fsp3) is 0.130. The number of amides is 1. The van der Waals surface area contributed by atoms with Crippen molar-refractivity contribution in [3.05, 3.63) is 76.8 Å². The molecule has 0 aliphatic heterocycles. The van der Waals surface area contributed by atoms with Crippen LogP contribution in [0.25, 0.3) is 16.7 Å². The number of carbonyl (C=O) groups is 1. The Hall–Kier alpha value is -3.49.